The first-order valence-electron chi connectivity index (χ1n) is 9.89. The van der Waals surface area contributed by atoms with Crippen LogP contribution in [-0.4, -0.2) is 30.2 Å². The van der Waals surface area contributed by atoms with Gasteiger partial charge < -0.3 is 15.4 Å². The van der Waals surface area contributed by atoms with Gasteiger partial charge in [-0.3, -0.25) is 4.79 Å². The number of fused-ring (bicyclic) bond motifs is 1. The molecule has 0 heterocycles. The van der Waals surface area contributed by atoms with Gasteiger partial charge in [-0.15, -0.1) is 0 Å². The van der Waals surface area contributed by atoms with Gasteiger partial charge in [0, 0.05) is 13.0 Å². The van der Waals surface area contributed by atoms with Crippen LogP contribution >= 0.6 is 0 Å². The fraction of sp³-hybridized carbons (Fsp3) is 0.478. The van der Waals surface area contributed by atoms with E-state index in [1.807, 2.05) is 36.4 Å². The Kier molecular flexibility index (Phi) is 7.44. The molecule has 0 radical (unpaired) electrons. The number of rotatable bonds is 7. The van der Waals surface area contributed by atoms with Gasteiger partial charge in [0.1, 0.15) is 11.6 Å². The third kappa shape index (κ3) is 7.22. The minimum Gasteiger partial charge on any atom is -0.444 e. The van der Waals surface area contributed by atoms with Crippen LogP contribution in [0.15, 0.2) is 42.5 Å². The number of carbonyl (C=O) groups excluding carboxylic acids is 2. The Bertz CT molecular complexity index is 809. The summed E-state index contributed by atoms with van der Waals surface area (Å²) in [6.45, 7) is 10.2. The lowest BCUT2D eigenvalue weighted by molar-refractivity contribution is -0.123. The Labute approximate surface area is 167 Å². The van der Waals surface area contributed by atoms with Crippen molar-refractivity contribution in [2.75, 3.05) is 6.54 Å². The number of carbonyl (C=O) groups is 2. The summed E-state index contributed by atoms with van der Waals surface area (Å²) in [6, 6.07) is 13.5. The SMILES string of the molecule is CC(C)CCNC(=O)C(Cc1ccc2ccccc2c1)NC(=O)OC(C)(C)C. The number of benzene rings is 2. The van der Waals surface area contributed by atoms with Gasteiger partial charge in [0.25, 0.3) is 0 Å². The normalized spacial score (nSPS) is 12.6. The Morgan fingerprint density at radius 3 is 2.36 bits per heavy atom. The van der Waals surface area contributed by atoms with Gasteiger partial charge in [-0.2, -0.15) is 0 Å². The highest BCUT2D eigenvalue weighted by atomic mass is 16.6. The molecule has 2 rings (SSSR count). The molecule has 1 unspecified atom stereocenters. The number of alkyl carbamates (subject to hydrolysis) is 1. The molecule has 2 N–H and O–H groups in total. The highest BCUT2D eigenvalue weighted by molar-refractivity contribution is 5.87. The van der Waals surface area contributed by atoms with E-state index in [0.717, 1.165) is 22.8 Å². The van der Waals surface area contributed by atoms with Crippen LogP contribution in [0, 0.1) is 5.92 Å². The topological polar surface area (TPSA) is 67.4 Å². The second kappa shape index (κ2) is 9.58. The zero-order chi connectivity index (χ0) is 20.7. The van der Waals surface area contributed by atoms with Gasteiger partial charge in [-0.05, 0) is 49.4 Å². The molecule has 0 fully saturated rings. The largest absolute Gasteiger partial charge is 0.444 e. The van der Waals surface area contributed by atoms with Crippen molar-refractivity contribution in [2.45, 2.75) is 59.1 Å². The minimum atomic E-state index is -0.692. The molecule has 2 amide bonds. The van der Waals surface area contributed by atoms with Crippen LogP contribution in [0.1, 0.15) is 46.6 Å². The predicted octanol–water partition coefficient (Wildman–Crippen LogP) is 4.44. The molecule has 0 aliphatic heterocycles. The lowest BCUT2D eigenvalue weighted by Gasteiger charge is -2.23. The molecule has 2 aromatic carbocycles. The van der Waals surface area contributed by atoms with Crippen LogP contribution in [0.3, 0.4) is 0 Å². The van der Waals surface area contributed by atoms with Crippen molar-refractivity contribution in [3.63, 3.8) is 0 Å². The summed E-state index contributed by atoms with van der Waals surface area (Å²) in [4.78, 5) is 25.0. The number of ether oxygens (including phenoxy) is 1. The Morgan fingerprint density at radius 1 is 1.04 bits per heavy atom. The van der Waals surface area contributed by atoms with Gasteiger partial charge >= 0.3 is 6.09 Å². The van der Waals surface area contributed by atoms with Crippen LogP contribution in [0.2, 0.25) is 0 Å². The Balaban J connectivity index is 2.13. The minimum absolute atomic E-state index is 0.195. The lowest BCUT2D eigenvalue weighted by Crippen LogP contribution is -2.49. The van der Waals surface area contributed by atoms with Crippen molar-refractivity contribution in [3.05, 3.63) is 48.0 Å². The average Bonchev–Trinajstić information content (AvgIpc) is 2.59. The summed E-state index contributed by atoms with van der Waals surface area (Å²) in [5.41, 5.74) is 0.366. The average molecular weight is 385 g/mol. The van der Waals surface area contributed by atoms with E-state index in [9.17, 15) is 9.59 Å². The molecule has 0 saturated heterocycles. The van der Waals surface area contributed by atoms with E-state index in [2.05, 4.69) is 30.5 Å². The first-order chi connectivity index (χ1) is 13.1. The molecule has 0 aliphatic carbocycles. The van der Waals surface area contributed by atoms with Crippen molar-refractivity contribution in [3.8, 4) is 0 Å². The van der Waals surface area contributed by atoms with Crippen LogP contribution in [-0.2, 0) is 16.0 Å². The third-order valence-electron chi connectivity index (χ3n) is 4.28. The highest BCUT2D eigenvalue weighted by Gasteiger charge is 2.24. The second-order valence-corrected chi connectivity index (χ2v) is 8.56. The third-order valence-corrected chi connectivity index (χ3v) is 4.28. The fourth-order valence-electron chi connectivity index (χ4n) is 2.87. The highest BCUT2D eigenvalue weighted by Crippen LogP contribution is 2.17. The van der Waals surface area contributed by atoms with Crippen molar-refractivity contribution in [2.24, 2.45) is 5.92 Å². The number of nitrogens with one attached hydrogen (secondary N) is 2. The molecule has 0 aromatic heterocycles. The van der Waals surface area contributed by atoms with Crippen LogP contribution in [0.5, 0.6) is 0 Å². The monoisotopic (exact) mass is 384 g/mol. The van der Waals surface area contributed by atoms with Crippen LogP contribution in [0.4, 0.5) is 4.79 Å². The summed E-state index contributed by atoms with van der Waals surface area (Å²) in [7, 11) is 0. The zero-order valence-electron chi connectivity index (χ0n) is 17.5. The van der Waals surface area contributed by atoms with Crippen LogP contribution in [0.25, 0.3) is 10.8 Å². The summed E-state index contributed by atoms with van der Waals surface area (Å²) >= 11 is 0. The predicted molar refractivity (Wildman–Crippen MR) is 113 cm³/mol. The van der Waals surface area contributed by atoms with E-state index < -0.39 is 17.7 Å². The molecule has 0 bridgehead atoms. The first-order valence-corrected chi connectivity index (χ1v) is 9.89. The van der Waals surface area contributed by atoms with Gasteiger partial charge in [0.2, 0.25) is 5.91 Å². The molecule has 5 heteroatoms. The van der Waals surface area contributed by atoms with Crippen molar-refractivity contribution in [1.82, 2.24) is 10.6 Å². The summed E-state index contributed by atoms with van der Waals surface area (Å²) in [5, 5.41) is 7.92. The number of amides is 2. The van der Waals surface area contributed by atoms with E-state index >= 15 is 0 Å². The maximum atomic E-state index is 12.7. The molecule has 1 atom stereocenters. The molecule has 0 aliphatic rings. The van der Waals surface area contributed by atoms with E-state index in [-0.39, 0.29) is 5.91 Å². The molecule has 0 saturated carbocycles. The smallest absolute Gasteiger partial charge is 0.408 e. The van der Waals surface area contributed by atoms with E-state index in [1.165, 1.54) is 0 Å². The maximum Gasteiger partial charge on any atom is 0.408 e. The van der Waals surface area contributed by atoms with Gasteiger partial charge in [0.15, 0.2) is 0 Å². The van der Waals surface area contributed by atoms with E-state index in [4.69, 9.17) is 4.74 Å². The summed E-state index contributed by atoms with van der Waals surface area (Å²) in [6.07, 6.45) is 0.704. The fourth-order valence-corrected chi connectivity index (χ4v) is 2.87. The Hall–Kier alpha value is -2.56. The molecule has 28 heavy (non-hydrogen) atoms. The summed E-state index contributed by atoms with van der Waals surface area (Å²) < 4.78 is 5.34. The quantitative estimate of drug-likeness (QED) is 0.742. The standard InChI is InChI=1S/C23H32N2O3/c1-16(2)12-13-24-21(26)20(25-22(27)28-23(3,4)5)15-17-10-11-18-8-6-7-9-19(18)14-17/h6-11,14,16,20H,12-13,15H2,1-5H3,(H,24,26)(H,25,27). The molecule has 2 aromatic rings. The Morgan fingerprint density at radius 2 is 1.71 bits per heavy atom. The second-order valence-electron chi connectivity index (χ2n) is 8.56. The zero-order valence-corrected chi connectivity index (χ0v) is 17.5. The first kappa shape index (κ1) is 21.7. The van der Waals surface area contributed by atoms with Crippen molar-refractivity contribution < 1.29 is 14.3 Å². The van der Waals surface area contributed by atoms with E-state index in [1.54, 1.807) is 20.8 Å². The van der Waals surface area contributed by atoms with Crippen LogP contribution < -0.4 is 10.6 Å². The lowest BCUT2D eigenvalue weighted by atomic mass is 10.0. The van der Waals surface area contributed by atoms with Gasteiger partial charge in [-0.1, -0.05) is 56.3 Å². The molecule has 152 valence electrons. The van der Waals surface area contributed by atoms with Crippen molar-refractivity contribution >= 4 is 22.8 Å². The maximum absolute atomic E-state index is 12.7. The van der Waals surface area contributed by atoms with E-state index in [0.29, 0.717) is 18.9 Å². The van der Waals surface area contributed by atoms with Gasteiger partial charge in [-0.25, -0.2) is 4.79 Å². The number of hydrogen-bond donors (Lipinski definition) is 2. The molecular weight excluding hydrogens is 352 g/mol. The number of hydrogen-bond acceptors (Lipinski definition) is 3. The van der Waals surface area contributed by atoms with Gasteiger partial charge in [0.05, 0.1) is 0 Å². The van der Waals surface area contributed by atoms with Crippen molar-refractivity contribution in [1.29, 1.82) is 0 Å². The molecular formula is C23H32N2O3. The molecule has 0 spiro atoms. The molecule has 5 nitrogen and oxygen atoms in total. The summed E-state index contributed by atoms with van der Waals surface area (Å²) in [5.74, 6) is 0.303.